The molecule has 0 saturated heterocycles. The van der Waals surface area contributed by atoms with E-state index in [0.717, 1.165) is 0 Å². The normalized spacial score (nSPS) is 25.2. The Balaban J connectivity index is 1.74. The summed E-state index contributed by atoms with van der Waals surface area (Å²) in [4.78, 5) is 41.1. The number of Topliss-reactive ketones (excluding diaryl/α,β-unsaturated/α-hetero) is 2. The van der Waals surface area contributed by atoms with E-state index in [9.17, 15) is 34.8 Å². The second kappa shape index (κ2) is 10.1. The lowest BCUT2D eigenvalue weighted by Crippen LogP contribution is -2.63. The Labute approximate surface area is 241 Å². The minimum Gasteiger partial charge on any atom is -0.510 e. The van der Waals surface area contributed by atoms with Crippen molar-refractivity contribution in [2.75, 3.05) is 35.4 Å². The number of nitrogens with zero attached hydrogens (tertiary/aromatic N) is 1. The van der Waals surface area contributed by atoms with Crippen LogP contribution < -0.4 is 19.9 Å². The number of carbonyl (C=O) groups is 3. The number of carbonyl (C=O) groups excluding carboxylic acids is 3. The van der Waals surface area contributed by atoms with E-state index in [4.69, 9.17) is 19.9 Å². The van der Waals surface area contributed by atoms with Crippen molar-refractivity contribution in [1.29, 1.82) is 0 Å². The summed E-state index contributed by atoms with van der Waals surface area (Å²) in [6, 6.07) is 5.30. The number of amides is 1. The molecule has 0 spiro atoms. The van der Waals surface area contributed by atoms with Crippen LogP contribution in [0.4, 0.5) is 0 Å². The number of primary amides is 1. The highest BCUT2D eigenvalue weighted by Gasteiger charge is 2.63. The number of aliphatic hydroxyl groups is 3. The van der Waals surface area contributed by atoms with Crippen LogP contribution >= 0.6 is 0 Å². The number of phenols is 1. The first-order chi connectivity index (χ1) is 19.8. The zero-order valence-corrected chi connectivity index (χ0v) is 23.7. The number of fused-ring (bicyclic) bond motifs is 3. The fourth-order valence-corrected chi connectivity index (χ4v) is 6.82. The Kier molecular flexibility index (Phi) is 6.94. The van der Waals surface area contributed by atoms with Crippen molar-refractivity contribution in [3.05, 3.63) is 58.1 Å². The number of hydrogen-bond donors (Lipinski definition) is 5. The second-order valence-corrected chi connectivity index (χ2v) is 10.8. The molecule has 222 valence electrons. The smallest absolute Gasteiger partial charge is 0.255 e. The highest BCUT2D eigenvalue weighted by atomic mass is 16.5. The molecule has 6 N–H and O–H groups in total. The van der Waals surface area contributed by atoms with Gasteiger partial charge in [0.2, 0.25) is 11.5 Å². The lowest BCUT2D eigenvalue weighted by Gasteiger charge is -2.50. The molecule has 3 aliphatic carbocycles. The number of phenolic OH excluding ortho intramolecular Hbond substituents is 1. The Morgan fingerprint density at radius 1 is 0.976 bits per heavy atom. The largest absolute Gasteiger partial charge is 0.510 e. The molecular weight excluding hydrogens is 548 g/mol. The van der Waals surface area contributed by atoms with Crippen molar-refractivity contribution in [2.24, 2.45) is 17.6 Å². The van der Waals surface area contributed by atoms with Crippen LogP contribution in [0.5, 0.6) is 23.0 Å². The van der Waals surface area contributed by atoms with Crippen LogP contribution in [0.1, 0.15) is 22.3 Å². The third-order valence-electron chi connectivity index (χ3n) is 8.60. The third-order valence-corrected chi connectivity index (χ3v) is 8.60. The number of benzene rings is 2. The van der Waals surface area contributed by atoms with Crippen LogP contribution in [0, 0.1) is 11.8 Å². The van der Waals surface area contributed by atoms with E-state index in [-0.39, 0.29) is 29.7 Å². The van der Waals surface area contributed by atoms with E-state index in [0.29, 0.717) is 33.9 Å². The van der Waals surface area contributed by atoms with Gasteiger partial charge in [0.05, 0.1) is 32.9 Å². The van der Waals surface area contributed by atoms with E-state index >= 15 is 0 Å². The Bertz CT molecular complexity index is 1610. The van der Waals surface area contributed by atoms with Crippen molar-refractivity contribution >= 4 is 17.5 Å². The molecule has 0 radical (unpaired) electrons. The van der Waals surface area contributed by atoms with Crippen LogP contribution in [0.3, 0.4) is 0 Å². The van der Waals surface area contributed by atoms with Gasteiger partial charge in [0.25, 0.3) is 5.91 Å². The molecule has 5 rings (SSSR count). The van der Waals surface area contributed by atoms with Gasteiger partial charge in [-0.05, 0) is 62.2 Å². The van der Waals surface area contributed by atoms with Gasteiger partial charge in [-0.2, -0.15) is 0 Å². The van der Waals surface area contributed by atoms with Crippen LogP contribution in [0.25, 0.3) is 11.1 Å². The second-order valence-electron chi connectivity index (χ2n) is 10.8. The van der Waals surface area contributed by atoms with Gasteiger partial charge < -0.3 is 40.4 Å². The number of likely N-dealkylation sites (N-methyl/N-ethyl adjacent to an activating group) is 1. The zero-order chi connectivity index (χ0) is 30.8. The first kappa shape index (κ1) is 29.0. The minimum atomic E-state index is -2.70. The predicted octanol–water partition coefficient (Wildman–Crippen LogP) is 1.81. The van der Waals surface area contributed by atoms with Crippen molar-refractivity contribution < 1.29 is 49.0 Å². The molecular formula is C30H32N2O10. The Morgan fingerprint density at radius 2 is 1.62 bits per heavy atom. The maximum Gasteiger partial charge on any atom is 0.255 e. The van der Waals surface area contributed by atoms with Gasteiger partial charge in [-0.1, -0.05) is 6.07 Å². The van der Waals surface area contributed by atoms with Gasteiger partial charge in [0, 0.05) is 17.1 Å². The average Bonchev–Trinajstić information content (AvgIpc) is 2.93. The van der Waals surface area contributed by atoms with Gasteiger partial charge in [-0.3, -0.25) is 19.3 Å². The molecule has 0 aliphatic heterocycles. The lowest BCUT2D eigenvalue weighted by molar-refractivity contribution is -0.148. The van der Waals surface area contributed by atoms with Crippen molar-refractivity contribution in [3.8, 4) is 34.1 Å². The number of aromatic hydroxyl groups is 1. The van der Waals surface area contributed by atoms with E-state index in [1.54, 1.807) is 32.3 Å². The molecule has 1 amide bonds. The molecule has 2 aromatic rings. The van der Waals surface area contributed by atoms with E-state index in [2.05, 4.69) is 0 Å². The number of nitrogens with two attached hydrogens (primary N) is 1. The molecule has 0 aromatic heterocycles. The summed E-state index contributed by atoms with van der Waals surface area (Å²) in [6.45, 7) is 0. The highest BCUT2D eigenvalue weighted by molar-refractivity contribution is 6.25. The number of ether oxygens (including phenoxy) is 3. The first-order valence-electron chi connectivity index (χ1n) is 13.1. The molecule has 0 bridgehead atoms. The van der Waals surface area contributed by atoms with E-state index in [1.807, 2.05) is 0 Å². The van der Waals surface area contributed by atoms with Gasteiger partial charge in [-0.25, -0.2) is 0 Å². The topological polar surface area (TPSA) is 189 Å². The molecule has 3 aliphatic rings. The quantitative estimate of drug-likeness (QED) is 0.313. The molecule has 0 saturated carbocycles. The van der Waals surface area contributed by atoms with Gasteiger partial charge in [-0.15, -0.1) is 0 Å². The fourth-order valence-electron chi connectivity index (χ4n) is 6.82. The lowest BCUT2D eigenvalue weighted by atomic mass is 9.58. The first-order valence-corrected chi connectivity index (χ1v) is 13.1. The molecule has 4 unspecified atom stereocenters. The maximum absolute atomic E-state index is 14.0. The summed E-state index contributed by atoms with van der Waals surface area (Å²) in [5, 5.41) is 45.0. The van der Waals surface area contributed by atoms with Gasteiger partial charge in [0.1, 0.15) is 22.8 Å². The predicted molar refractivity (Wildman–Crippen MR) is 149 cm³/mol. The molecule has 0 fully saturated rings. The number of aliphatic hydroxyl groups excluding tert-OH is 2. The summed E-state index contributed by atoms with van der Waals surface area (Å²) < 4.78 is 16.6. The SMILES string of the molecule is COc1ccc(-c2ccc(O)c3c2CC2CC4C(N(C)C)C(O)=C(C(N)=O)C(=O)C4(O)C(O)=C2C3=O)c(OC)c1OC. The van der Waals surface area contributed by atoms with E-state index in [1.165, 1.54) is 32.3 Å². The number of ketones is 2. The number of rotatable bonds is 6. The average molecular weight is 581 g/mol. The summed E-state index contributed by atoms with van der Waals surface area (Å²) >= 11 is 0. The fraction of sp³-hybridized carbons (Fsp3) is 0.367. The molecule has 0 heterocycles. The highest BCUT2D eigenvalue weighted by Crippen LogP contribution is 2.54. The summed E-state index contributed by atoms with van der Waals surface area (Å²) in [5.74, 6) is -6.01. The van der Waals surface area contributed by atoms with Crippen LogP contribution in [0.2, 0.25) is 0 Å². The summed E-state index contributed by atoms with van der Waals surface area (Å²) in [7, 11) is 7.56. The molecule has 2 aromatic carbocycles. The van der Waals surface area contributed by atoms with Gasteiger partial charge in [0.15, 0.2) is 22.9 Å². The molecule has 12 heteroatoms. The maximum atomic E-state index is 14.0. The Hall–Kier alpha value is -4.55. The summed E-state index contributed by atoms with van der Waals surface area (Å²) in [6.07, 6.45) is 0.0969. The third kappa shape index (κ3) is 3.78. The van der Waals surface area contributed by atoms with E-state index < -0.39 is 58.0 Å². The van der Waals surface area contributed by atoms with Crippen molar-refractivity contribution in [1.82, 2.24) is 4.90 Å². The number of methoxy groups -OCH3 is 3. The van der Waals surface area contributed by atoms with Crippen molar-refractivity contribution in [3.63, 3.8) is 0 Å². The van der Waals surface area contributed by atoms with Crippen LogP contribution in [-0.2, 0) is 16.0 Å². The Morgan fingerprint density at radius 3 is 2.19 bits per heavy atom. The van der Waals surface area contributed by atoms with Gasteiger partial charge >= 0.3 is 0 Å². The van der Waals surface area contributed by atoms with Crippen molar-refractivity contribution in [2.45, 2.75) is 24.5 Å². The zero-order valence-electron chi connectivity index (χ0n) is 23.7. The standard InChI is InChI=1S/C30H32N2O10/c1-32(2)22-16-11-12-10-15-13(14-7-9-18(40-3)26(42-5)25(14)41-4)6-8-17(33)20(15)23(34)19(12)27(36)30(16,39)28(37)21(24(22)35)29(31)38/h6-9,12,16,22,33,35-36,39H,10-11H2,1-5H3,(H2,31,38). The molecule has 42 heavy (non-hydrogen) atoms. The molecule has 12 nitrogen and oxygen atoms in total. The summed E-state index contributed by atoms with van der Waals surface area (Å²) in [5.41, 5.74) is 3.04. The monoisotopic (exact) mass is 580 g/mol. The minimum absolute atomic E-state index is 0.0239. The number of allylic oxidation sites excluding steroid dienone is 1. The number of hydrogen-bond acceptors (Lipinski definition) is 11. The van der Waals surface area contributed by atoms with Crippen LogP contribution in [0.15, 0.2) is 46.9 Å². The molecule has 4 atom stereocenters. The van der Waals surface area contributed by atoms with Crippen LogP contribution in [-0.4, -0.2) is 89.9 Å².